The van der Waals surface area contributed by atoms with Gasteiger partial charge in [0.2, 0.25) is 0 Å². The van der Waals surface area contributed by atoms with Crippen molar-refractivity contribution in [2.24, 2.45) is 0 Å². The van der Waals surface area contributed by atoms with E-state index in [9.17, 15) is 9.18 Å². The first-order chi connectivity index (χ1) is 15.0. The summed E-state index contributed by atoms with van der Waals surface area (Å²) in [4.78, 5) is 25.5. The molecule has 1 amide bonds. The average Bonchev–Trinajstić information content (AvgIpc) is 3.03. The third-order valence-corrected chi connectivity index (χ3v) is 5.65. The van der Waals surface area contributed by atoms with E-state index in [-0.39, 0.29) is 12.1 Å². The van der Waals surface area contributed by atoms with Crippen molar-refractivity contribution in [2.75, 3.05) is 24.5 Å². The Morgan fingerprint density at radius 1 is 1.22 bits per heavy atom. The minimum atomic E-state index is -0.532. The van der Waals surface area contributed by atoms with E-state index in [4.69, 9.17) is 16.3 Å². The zero-order chi connectivity index (χ0) is 23.2. The van der Waals surface area contributed by atoms with Crippen molar-refractivity contribution in [3.8, 4) is 5.69 Å². The van der Waals surface area contributed by atoms with Crippen molar-refractivity contribution < 1.29 is 13.9 Å². The molecule has 9 heteroatoms. The van der Waals surface area contributed by atoms with Gasteiger partial charge in [-0.1, -0.05) is 11.6 Å². The molecule has 1 aliphatic rings. The molecule has 0 radical (unpaired) electrons. The van der Waals surface area contributed by atoms with Crippen LogP contribution in [0.15, 0.2) is 30.7 Å². The highest BCUT2D eigenvalue weighted by Crippen LogP contribution is 2.32. The number of ether oxygens (including phenoxy) is 1. The third-order valence-electron chi connectivity index (χ3n) is 5.43. The molecule has 0 bridgehead atoms. The number of hydrogen-bond acceptors (Lipinski definition) is 5. The molecule has 3 aromatic rings. The lowest BCUT2D eigenvalue weighted by atomic mass is 10.1. The number of fused-ring (bicyclic) bond motifs is 1. The van der Waals surface area contributed by atoms with Crippen LogP contribution in [0.25, 0.3) is 16.7 Å². The maximum atomic E-state index is 14.0. The van der Waals surface area contributed by atoms with Gasteiger partial charge in [-0.3, -0.25) is 0 Å². The Morgan fingerprint density at radius 3 is 2.62 bits per heavy atom. The molecular weight excluding hydrogens is 433 g/mol. The predicted octanol–water partition coefficient (Wildman–Crippen LogP) is 4.97. The number of benzene rings is 1. The van der Waals surface area contributed by atoms with Gasteiger partial charge in [-0.15, -0.1) is 0 Å². The van der Waals surface area contributed by atoms with E-state index < -0.39 is 11.4 Å². The lowest BCUT2D eigenvalue weighted by Crippen LogP contribution is -2.54. The molecular formula is C23H27ClFN5O2. The summed E-state index contributed by atoms with van der Waals surface area (Å²) in [5.41, 5.74) is 1.71. The minimum Gasteiger partial charge on any atom is -0.444 e. The van der Waals surface area contributed by atoms with Crippen LogP contribution in [-0.2, 0) is 4.74 Å². The first-order valence-electron chi connectivity index (χ1n) is 10.6. The molecule has 1 saturated heterocycles. The first-order valence-corrected chi connectivity index (χ1v) is 10.9. The van der Waals surface area contributed by atoms with Crippen LogP contribution >= 0.6 is 11.6 Å². The van der Waals surface area contributed by atoms with Gasteiger partial charge in [0, 0.05) is 36.9 Å². The molecule has 1 aromatic carbocycles. The second kappa shape index (κ2) is 8.24. The fourth-order valence-corrected chi connectivity index (χ4v) is 4.30. The van der Waals surface area contributed by atoms with E-state index in [1.807, 2.05) is 38.5 Å². The van der Waals surface area contributed by atoms with Gasteiger partial charge in [-0.2, -0.15) is 0 Å². The summed E-state index contributed by atoms with van der Waals surface area (Å²) in [6.07, 6.45) is 3.12. The highest BCUT2D eigenvalue weighted by molar-refractivity contribution is 6.30. The van der Waals surface area contributed by atoms with Gasteiger partial charge < -0.3 is 19.1 Å². The van der Waals surface area contributed by atoms with E-state index in [0.29, 0.717) is 36.0 Å². The molecule has 2 aromatic heterocycles. The fourth-order valence-electron chi connectivity index (χ4n) is 4.08. The van der Waals surface area contributed by atoms with Crippen LogP contribution in [0.3, 0.4) is 0 Å². The van der Waals surface area contributed by atoms with E-state index in [1.165, 1.54) is 18.5 Å². The summed E-state index contributed by atoms with van der Waals surface area (Å²) in [5.74, 6) is 0.387. The Bertz CT molecular complexity index is 1150. The minimum absolute atomic E-state index is 0.0285. The zero-order valence-corrected chi connectivity index (χ0v) is 19.6. The van der Waals surface area contributed by atoms with Crippen molar-refractivity contribution in [3.05, 3.63) is 47.1 Å². The third kappa shape index (κ3) is 4.37. The van der Waals surface area contributed by atoms with Gasteiger partial charge in [-0.25, -0.2) is 19.2 Å². The lowest BCUT2D eigenvalue weighted by molar-refractivity contribution is 0.0218. The van der Waals surface area contributed by atoms with Gasteiger partial charge in [0.15, 0.2) is 0 Å². The number of anilines is 1. The van der Waals surface area contributed by atoms with Crippen molar-refractivity contribution in [1.82, 2.24) is 19.4 Å². The number of carbonyl (C=O) groups excluding carboxylic acids is 1. The molecule has 7 nitrogen and oxygen atoms in total. The Labute approximate surface area is 191 Å². The zero-order valence-electron chi connectivity index (χ0n) is 18.9. The Hall–Kier alpha value is -2.87. The number of amides is 1. The number of nitrogens with zero attached hydrogens (tertiary/aromatic N) is 5. The van der Waals surface area contributed by atoms with Gasteiger partial charge in [-0.05, 0) is 58.4 Å². The molecule has 0 spiro atoms. The standard InChI is InChI=1S/C23H27ClFN5O2/c1-14-11-30(18-9-16(24)8-17(25)10-18)21-19(14)20(26-13-27-21)29-7-6-28(12-15(29)2)22(31)32-23(3,4)5/h8-11,13,15H,6-7,12H2,1-5H3/t15-/m0/s1. The van der Waals surface area contributed by atoms with Gasteiger partial charge in [0.25, 0.3) is 0 Å². The van der Waals surface area contributed by atoms with Crippen LogP contribution in [0.1, 0.15) is 33.3 Å². The van der Waals surface area contributed by atoms with Crippen LogP contribution < -0.4 is 4.90 Å². The fraction of sp³-hybridized carbons (Fsp3) is 0.435. The number of halogens is 2. The number of carbonyl (C=O) groups is 1. The topological polar surface area (TPSA) is 63.5 Å². The SMILES string of the molecule is Cc1cn(-c2cc(F)cc(Cl)c2)c2ncnc(N3CCN(C(=O)OC(C)(C)C)C[C@@H]3C)c12. The lowest BCUT2D eigenvalue weighted by Gasteiger charge is -2.41. The van der Waals surface area contributed by atoms with Crippen LogP contribution in [0.4, 0.5) is 15.0 Å². The highest BCUT2D eigenvalue weighted by atomic mass is 35.5. The number of rotatable bonds is 2. The molecule has 0 N–H and O–H groups in total. The van der Waals surface area contributed by atoms with E-state index in [1.54, 1.807) is 11.0 Å². The summed E-state index contributed by atoms with van der Waals surface area (Å²) in [6.45, 7) is 11.3. The Kier molecular flexibility index (Phi) is 5.75. The maximum Gasteiger partial charge on any atom is 0.410 e. The van der Waals surface area contributed by atoms with E-state index >= 15 is 0 Å². The first kappa shape index (κ1) is 22.3. The van der Waals surface area contributed by atoms with Crippen molar-refractivity contribution >= 4 is 34.5 Å². The largest absolute Gasteiger partial charge is 0.444 e. The molecule has 3 heterocycles. The van der Waals surface area contributed by atoms with Crippen LogP contribution in [-0.4, -0.2) is 56.8 Å². The Morgan fingerprint density at radius 2 is 1.97 bits per heavy atom. The smallest absolute Gasteiger partial charge is 0.410 e. The Balaban J connectivity index is 1.66. The molecule has 170 valence electrons. The molecule has 32 heavy (non-hydrogen) atoms. The maximum absolute atomic E-state index is 14.0. The summed E-state index contributed by atoms with van der Waals surface area (Å²) < 4.78 is 21.3. The molecule has 0 aliphatic carbocycles. The van der Waals surface area contributed by atoms with Crippen molar-refractivity contribution in [3.63, 3.8) is 0 Å². The molecule has 0 saturated carbocycles. The summed E-state index contributed by atoms with van der Waals surface area (Å²) in [7, 11) is 0. The molecule has 0 unspecified atom stereocenters. The van der Waals surface area contributed by atoms with E-state index in [2.05, 4.69) is 21.8 Å². The van der Waals surface area contributed by atoms with Crippen molar-refractivity contribution in [1.29, 1.82) is 0 Å². The molecule has 1 fully saturated rings. The number of aryl methyl sites for hydroxylation is 1. The second-order valence-electron chi connectivity index (χ2n) is 9.17. The van der Waals surface area contributed by atoms with Crippen molar-refractivity contribution in [2.45, 2.75) is 46.3 Å². The van der Waals surface area contributed by atoms with Gasteiger partial charge in [0.05, 0.1) is 11.1 Å². The van der Waals surface area contributed by atoms with Gasteiger partial charge >= 0.3 is 6.09 Å². The van der Waals surface area contributed by atoms with Crippen LogP contribution in [0, 0.1) is 12.7 Å². The monoisotopic (exact) mass is 459 g/mol. The normalized spacial score (nSPS) is 17.2. The molecule has 1 atom stereocenters. The number of aromatic nitrogens is 3. The summed E-state index contributed by atoms with van der Waals surface area (Å²) in [6, 6.07) is 4.43. The second-order valence-corrected chi connectivity index (χ2v) is 9.61. The predicted molar refractivity (Wildman–Crippen MR) is 123 cm³/mol. The quantitative estimate of drug-likeness (QED) is 0.541. The summed E-state index contributed by atoms with van der Waals surface area (Å²) >= 11 is 6.07. The van der Waals surface area contributed by atoms with Crippen LogP contribution in [0.5, 0.6) is 0 Å². The number of hydrogen-bond donors (Lipinski definition) is 0. The van der Waals surface area contributed by atoms with E-state index in [0.717, 1.165) is 16.8 Å². The molecule has 4 rings (SSSR count). The van der Waals surface area contributed by atoms with Gasteiger partial charge in [0.1, 0.15) is 29.2 Å². The molecule has 1 aliphatic heterocycles. The van der Waals surface area contributed by atoms with Crippen LogP contribution in [0.2, 0.25) is 5.02 Å². The average molecular weight is 460 g/mol. The number of piperazine rings is 1. The summed E-state index contributed by atoms with van der Waals surface area (Å²) in [5, 5.41) is 1.21. The highest BCUT2D eigenvalue weighted by Gasteiger charge is 2.32.